The lowest BCUT2D eigenvalue weighted by Crippen LogP contribution is -2.50. The predicted octanol–water partition coefficient (Wildman–Crippen LogP) is 1.99. The molecule has 4 heteroatoms. The minimum absolute atomic E-state index is 0.175. The fourth-order valence-electron chi connectivity index (χ4n) is 3.66. The van der Waals surface area contributed by atoms with Gasteiger partial charge in [0.2, 0.25) is 5.91 Å². The minimum Gasteiger partial charge on any atom is -0.352 e. The molecule has 3 unspecified atom stereocenters. The van der Waals surface area contributed by atoms with Gasteiger partial charge in [-0.05, 0) is 62.9 Å². The molecule has 1 amide bonds. The molecular weight excluding hydrogens is 262 g/mol. The van der Waals surface area contributed by atoms with Crippen molar-refractivity contribution >= 4 is 5.91 Å². The van der Waals surface area contributed by atoms with Gasteiger partial charge in [0.05, 0.1) is 6.54 Å². The summed E-state index contributed by atoms with van der Waals surface area (Å²) in [6.07, 6.45) is 5.92. The summed E-state index contributed by atoms with van der Waals surface area (Å²) in [7, 11) is 2.09. The maximum absolute atomic E-state index is 12.0. The second-order valence-corrected chi connectivity index (χ2v) is 8.20. The Hall–Kier alpha value is -0.610. The van der Waals surface area contributed by atoms with E-state index < -0.39 is 0 Å². The second kappa shape index (κ2) is 6.66. The van der Waals surface area contributed by atoms with Crippen LogP contribution in [-0.2, 0) is 4.79 Å². The quantitative estimate of drug-likeness (QED) is 0.815. The Labute approximate surface area is 129 Å². The SMILES string of the molecule is CN(CC(=O)NC1CC1)C1CC(C(C)(C)C)CCC1CN. The van der Waals surface area contributed by atoms with Crippen LogP contribution in [0, 0.1) is 17.3 Å². The van der Waals surface area contributed by atoms with E-state index >= 15 is 0 Å². The highest BCUT2D eigenvalue weighted by Crippen LogP contribution is 2.41. The average Bonchev–Trinajstić information content (AvgIpc) is 3.20. The third kappa shape index (κ3) is 4.68. The van der Waals surface area contributed by atoms with Crippen LogP contribution in [0.4, 0.5) is 0 Å². The lowest BCUT2D eigenvalue weighted by Gasteiger charge is -2.45. The summed E-state index contributed by atoms with van der Waals surface area (Å²) in [5.74, 6) is 1.43. The lowest BCUT2D eigenvalue weighted by molar-refractivity contribution is -0.123. The molecule has 2 fully saturated rings. The number of nitrogens with one attached hydrogen (secondary N) is 1. The van der Waals surface area contributed by atoms with Gasteiger partial charge >= 0.3 is 0 Å². The molecule has 4 nitrogen and oxygen atoms in total. The van der Waals surface area contributed by atoms with E-state index in [-0.39, 0.29) is 5.91 Å². The Bertz CT molecular complexity index is 360. The van der Waals surface area contributed by atoms with Crippen molar-refractivity contribution in [2.45, 2.75) is 65.0 Å². The maximum Gasteiger partial charge on any atom is 0.234 e. The summed E-state index contributed by atoms with van der Waals surface area (Å²) in [6, 6.07) is 0.891. The Morgan fingerprint density at radius 1 is 1.24 bits per heavy atom. The topological polar surface area (TPSA) is 58.4 Å². The Morgan fingerprint density at radius 3 is 2.43 bits per heavy atom. The number of likely N-dealkylation sites (N-methyl/N-ethyl adjacent to an activating group) is 1. The number of nitrogens with zero attached hydrogens (tertiary/aromatic N) is 1. The molecule has 0 aromatic heterocycles. The predicted molar refractivity (Wildman–Crippen MR) is 86.9 cm³/mol. The van der Waals surface area contributed by atoms with Crippen LogP contribution >= 0.6 is 0 Å². The molecule has 2 aliphatic rings. The van der Waals surface area contributed by atoms with E-state index in [0.29, 0.717) is 30.0 Å². The van der Waals surface area contributed by atoms with Crippen LogP contribution in [0.25, 0.3) is 0 Å². The molecule has 2 rings (SSSR count). The summed E-state index contributed by atoms with van der Waals surface area (Å²) in [6.45, 7) is 8.23. The van der Waals surface area contributed by atoms with Crippen LogP contribution in [0.3, 0.4) is 0 Å². The molecule has 0 spiro atoms. The molecule has 0 bridgehead atoms. The molecule has 2 saturated carbocycles. The molecule has 3 atom stereocenters. The number of nitrogens with two attached hydrogens (primary N) is 1. The third-order valence-corrected chi connectivity index (χ3v) is 5.39. The minimum atomic E-state index is 0.175. The molecule has 0 radical (unpaired) electrons. The molecule has 2 aliphatic carbocycles. The van der Waals surface area contributed by atoms with E-state index in [1.54, 1.807) is 0 Å². The monoisotopic (exact) mass is 295 g/mol. The Balaban J connectivity index is 1.93. The maximum atomic E-state index is 12.0. The first-order valence-corrected chi connectivity index (χ1v) is 8.51. The fraction of sp³-hybridized carbons (Fsp3) is 0.941. The molecule has 0 saturated heterocycles. The molecule has 21 heavy (non-hydrogen) atoms. The lowest BCUT2D eigenvalue weighted by atomic mass is 9.67. The molecule has 0 heterocycles. The zero-order valence-corrected chi connectivity index (χ0v) is 14.2. The Kier molecular flexibility index (Phi) is 5.31. The molecular formula is C17H33N3O. The largest absolute Gasteiger partial charge is 0.352 e. The van der Waals surface area contributed by atoms with Crippen molar-refractivity contribution < 1.29 is 4.79 Å². The van der Waals surface area contributed by atoms with Gasteiger partial charge in [0.25, 0.3) is 0 Å². The molecule has 0 aromatic carbocycles. The van der Waals surface area contributed by atoms with Crippen molar-refractivity contribution in [3.8, 4) is 0 Å². The first-order chi connectivity index (χ1) is 9.81. The van der Waals surface area contributed by atoms with E-state index in [0.717, 1.165) is 25.3 Å². The van der Waals surface area contributed by atoms with Crippen molar-refractivity contribution in [1.82, 2.24) is 10.2 Å². The average molecular weight is 295 g/mol. The summed E-state index contributed by atoms with van der Waals surface area (Å²) in [5, 5.41) is 3.09. The summed E-state index contributed by atoms with van der Waals surface area (Å²) in [4.78, 5) is 14.3. The number of carbonyl (C=O) groups is 1. The van der Waals surface area contributed by atoms with Crippen LogP contribution in [0.15, 0.2) is 0 Å². The van der Waals surface area contributed by atoms with Crippen LogP contribution < -0.4 is 11.1 Å². The van der Waals surface area contributed by atoms with Crippen molar-refractivity contribution in [1.29, 1.82) is 0 Å². The first kappa shape index (κ1) is 16.8. The normalized spacial score (nSPS) is 30.5. The van der Waals surface area contributed by atoms with Gasteiger partial charge in [-0.3, -0.25) is 9.69 Å². The molecule has 122 valence electrons. The standard InChI is InChI=1S/C17H33N3O/c1-17(2,3)13-6-5-12(10-18)15(9-13)20(4)11-16(21)19-14-7-8-14/h12-15H,5-11,18H2,1-4H3,(H,19,21). The van der Waals surface area contributed by atoms with Gasteiger partial charge in [-0.1, -0.05) is 20.8 Å². The summed E-state index contributed by atoms with van der Waals surface area (Å²) >= 11 is 0. The highest BCUT2D eigenvalue weighted by molar-refractivity contribution is 5.78. The van der Waals surface area contributed by atoms with Crippen molar-refractivity contribution in [2.75, 3.05) is 20.1 Å². The van der Waals surface area contributed by atoms with Gasteiger partial charge < -0.3 is 11.1 Å². The third-order valence-electron chi connectivity index (χ3n) is 5.39. The zero-order valence-electron chi connectivity index (χ0n) is 14.2. The highest BCUT2D eigenvalue weighted by Gasteiger charge is 2.37. The van der Waals surface area contributed by atoms with Crippen LogP contribution in [-0.4, -0.2) is 43.0 Å². The van der Waals surface area contributed by atoms with Gasteiger partial charge in [0.15, 0.2) is 0 Å². The van der Waals surface area contributed by atoms with Crippen molar-refractivity contribution in [2.24, 2.45) is 23.0 Å². The number of amides is 1. The van der Waals surface area contributed by atoms with Gasteiger partial charge in [-0.15, -0.1) is 0 Å². The van der Waals surface area contributed by atoms with Crippen molar-refractivity contribution in [3.05, 3.63) is 0 Å². The fourth-order valence-corrected chi connectivity index (χ4v) is 3.66. The van der Waals surface area contributed by atoms with Crippen LogP contribution in [0.5, 0.6) is 0 Å². The van der Waals surface area contributed by atoms with E-state index in [2.05, 4.69) is 38.0 Å². The van der Waals surface area contributed by atoms with E-state index in [4.69, 9.17) is 5.73 Å². The number of carbonyl (C=O) groups excluding carboxylic acids is 1. The molecule has 0 aromatic rings. The number of rotatable bonds is 5. The molecule has 0 aliphatic heterocycles. The van der Waals surface area contributed by atoms with E-state index in [1.807, 2.05) is 0 Å². The zero-order chi connectivity index (χ0) is 15.6. The number of hydrogen-bond acceptors (Lipinski definition) is 3. The summed E-state index contributed by atoms with van der Waals surface area (Å²) < 4.78 is 0. The highest BCUT2D eigenvalue weighted by atomic mass is 16.2. The first-order valence-electron chi connectivity index (χ1n) is 8.51. The van der Waals surface area contributed by atoms with E-state index in [9.17, 15) is 4.79 Å². The van der Waals surface area contributed by atoms with E-state index in [1.165, 1.54) is 19.3 Å². The van der Waals surface area contributed by atoms with Crippen LogP contribution in [0.2, 0.25) is 0 Å². The second-order valence-electron chi connectivity index (χ2n) is 8.20. The Morgan fingerprint density at radius 2 is 1.90 bits per heavy atom. The van der Waals surface area contributed by atoms with Gasteiger partial charge in [-0.2, -0.15) is 0 Å². The van der Waals surface area contributed by atoms with Gasteiger partial charge in [-0.25, -0.2) is 0 Å². The summed E-state index contributed by atoms with van der Waals surface area (Å²) in [5.41, 5.74) is 6.32. The van der Waals surface area contributed by atoms with Gasteiger partial charge in [0.1, 0.15) is 0 Å². The van der Waals surface area contributed by atoms with Gasteiger partial charge in [0, 0.05) is 12.1 Å². The number of hydrogen-bond donors (Lipinski definition) is 2. The molecule has 3 N–H and O–H groups in total. The van der Waals surface area contributed by atoms with Crippen molar-refractivity contribution in [3.63, 3.8) is 0 Å². The smallest absolute Gasteiger partial charge is 0.234 e. The van der Waals surface area contributed by atoms with Crippen LogP contribution in [0.1, 0.15) is 52.9 Å².